The molecule has 8 heteroatoms. The highest BCUT2D eigenvalue weighted by Crippen LogP contribution is 2.33. The van der Waals surface area contributed by atoms with E-state index in [2.05, 4.69) is 5.32 Å². The Hall–Kier alpha value is -3.29. The number of thioether (sulfide) groups is 1. The first-order valence-electron chi connectivity index (χ1n) is 9.47. The van der Waals surface area contributed by atoms with Crippen LogP contribution in [0.15, 0.2) is 71.6 Å². The first kappa shape index (κ1) is 21.0. The zero-order chi connectivity index (χ0) is 22.0. The number of para-hydroxylation sites is 1. The second-order valence-corrected chi connectivity index (χ2v) is 8.33. The van der Waals surface area contributed by atoms with Crippen molar-refractivity contribution in [2.24, 2.45) is 0 Å². The lowest BCUT2D eigenvalue weighted by atomic mass is 10.3. The Morgan fingerprint density at radius 2 is 1.84 bits per heavy atom. The Morgan fingerprint density at radius 3 is 2.58 bits per heavy atom. The van der Waals surface area contributed by atoms with Gasteiger partial charge in [0.15, 0.2) is 0 Å². The maximum absolute atomic E-state index is 12.8. The summed E-state index contributed by atoms with van der Waals surface area (Å²) in [6.07, 6.45) is 1.68. The van der Waals surface area contributed by atoms with Crippen LogP contribution in [-0.4, -0.2) is 33.1 Å². The molecule has 4 rings (SSSR count). The minimum atomic E-state index is -0.491. The van der Waals surface area contributed by atoms with Crippen molar-refractivity contribution in [3.63, 3.8) is 0 Å². The van der Waals surface area contributed by atoms with E-state index in [1.807, 2.05) is 54.0 Å². The van der Waals surface area contributed by atoms with E-state index in [4.69, 9.17) is 11.6 Å². The summed E-state index contributed by atoms with van der Waals surface area (Å²) in [6.45, 7) is 1.60. The van der Waals surface area contributed by atoms with Crippen LogP contribution in [0.5, 0.6) is 0 Å². The van der Waals surface area contributed by atoms with Gasteiger partial charge in [-0.15, -0.1) is 0 Å². The highest BCUT2D eigenvalue weighted by Gasteiger charge is 2.36. The number of hydrogen-bond donors (Lipinski definition) is 1. The van der Waals surface area contributed by atoms with E-state index >= 15 is 0 Å². The van der Waals surface area contributed by atoms with Crippen LogP contribution in [0.3, 0.4) is 0 Å². The molecule has 2 aromatic carbocycles. The number of benzene rings is 2. The van der Waals surface area contributed by atoms with Gasteiger partial charge in [0.05, 0.1) is 4.91 Å². The summed E-state index contributed by atoms with van der Waals surface area (Å²) in [5.74, 6) is -0.968. The minimum absolute atomic E-state index is 0.274. The van der Waals surface area contributed by atoms with Gasteiger partial charge >= 0.3 is 0 Å². The van der Waals surface area contributed by atoms with Gasteiger partial charge < -0.3 is 9.88 Å². The Labute approximate surface area is 188 Å². The molecular formula is C23H18ClN3O3S. The SMILES string of the molecule is Cc1ccc(/C=C2\SC(=O)N(CC(=O)Nc3cccc(Cl)c3)C2=O)n1-c1ccccc1. The predicted octanol–water partition coefficient (Wildman–Crippen LogP) is 5.11. The third-order valence-corrected chi connectivity index (χ3v) is 5.83. The molecule has 0 radical (unpaired) electrons. The van der Waals surface area contributed by atoms with E-state index < -0.39 is 17.1 Å². The Bertz CT molecular complexity index is 1200. The molecule has 1 aliphatic heterocycles. The third-order valence-electron chi connectivity index (χ3n) is 4.68. The molecule has 0 saturated carbocycles. The highest BCUT2D eigenvalue weighted by atomic mass is 35.5. The number of rotatable bonds is 5. The fourth-order valence-electron chi connectivity index (χ4n) is 3.28. The van der Waals surface area contributed by atoms with Crippen LogP contribution in [0.4, 0.5) is 10.5 Å². The lowest BCUT2D eigenvalue weighted by Crippen LogP contribution is -2.36. The average molecular weight is 452 g/mol. The lowest BCUT2D eigenvalue weighted by molar-refractivity contribution is -0.127. The summed E-state index contributed by atoms with van der Waals surface area (Å²) in [7, 11) is 0. The molecule has 0 bridgehead atoms. The molecule has 156 valence electrons. The van der Waals surface area contributed by atoms with Crippen molar-refractivity contribution in [3.05, 3.63) is 88.0 Å². The molecule has 1 aliphatic rings. The molecule has 6 nitrogen and oxygen atoms in total. The quantitative estimate of drug-likeness (QED) is 0.547. The van der Waals surface area contributed by atoms with Gasteiger partial charge in [-0.05, 0) is 67.2 Å². The second kappa shape index (κ2) is 8.83. The number of halogens is 1. The topological polar surface area (TPSA) is 71.4 Å². The van der Waals surface area contributed by atoms with Crippen LogP contribution in [0.25, 0.3) is 11.8 Å². The lowest BCUT2D eigenvalue weighted by Gasteiger charge is -2.12. The summed E-state index contributed by atoms with van der Waals surface area (Å²) >= 11 is 6.74. The molecule has 31 heavy (non-hydrogen) atoms. The molecular weight excluding hydrogens is 434 g/mol. The summed E-state index contributed by atoms with van der Waals surface area (Å²) in [4.78, 5) is 38.8. The first-order chi connectivity index (χ1) is 14.9. The normalized spacial score (nSPS) is 15.0. The smallest absolute Gasteiger partial charge is 0.294 e. The molecule has 3 amide bonds. The molecule has 0 unspecified atom stereocenters. The number of aromatic nitrogens is 1. The molecule has 1 aromatic heterocycles. The Kier molecular flexibility index (Phi) is 5.97. The van der Waals surface area contributed by atoms with Crippen LogP contribution in [0.1, 0.15) is 11.4 Å². The maximum Gasteiger partial charge on any atom is 0.294 e. The van der Waals surface area contributed by atoms with E-state index in [0.29, 0.717) is 10.7 Å². The van der Waals surface area contributed by atoms with Crippen molar-refractivity contribution in [3.8, 4) is 5.69 Å². The van der Waals surface area contributed by atoms with Gasteiger partial charge in [0.2, 0.25) is 5.91 Å². The summed E-state index contributed by atoms with van der Waals surface area (Å²) in [6, 6.07) is 20.2. The largest absolute Gasteiger partial charge is 0.324 e. The van der Waals surface area contributed by atoms with E-state index in [-0.39, 0.29) is 11.4 Å². The van der Waals surface area contributed by atoms with E-state index in [9.17, 15) is 14.4 Å². The molecule has 0 spiro atoms. The first-order valence-corrected chi connectivity index (χ1v) is 10.7. The summed E-state index contributed by atoms with van der Waals surface area (Å²) in [5.41, 5.74) is 3.22. The fourth-order valence-corrected chi connectivity index (χ4v) is 4.30. The van der Waals surface area contributed by atoms with Gasteiger partial charge in [-0.3, -0.25) is 19.3 Å². The van der Waals surface area contributed by atoms with Crippen molar-refractivity contribution < 1.29 is 14.4 Å². The number of nitrogens with one attached hydrogen (secondary N) is 1. The van der Waals surface area contributed by atoms with Gasteiger partial charge in [-0.25, -0.2) is 0 Å². The van der Waals surface area contributed by atoms with Crippen molar-refractivity contribution >= 4 is 52.2 Å². The molecule has 2 heterocycles. The zero-order valence-electron chi connectivity index (χ0n) is 16.5. The minimum Gasteiger partial charge on any atom is -0.324 e. The molecule has 1 N–H and O–H groups in total. The number of carbonyl (C=O) groups is 3. The van der Waals surface area contributed by atoms with Crippen LogP contribution < -0.4 is 5.32 Å². The molecule has 3 aromatic rings. The second-order valence-electron chi connectivity index (χ2n) is 6.90. The van der Waals surface area contributed by atoms with Crippen LogP contribution >= 0.6 is 23.4 Å². The number of hydrogen-bond acceptors (Lipinski definition) is 4. The van der Waals surface area contributed by atoms with Gasteiger partial charge in [-0.2, -0.15) is 0 Å². The zero-order valence-corrected chi connectivity index (χ0v) is 18.1. The fraction of sp³-hybridized carbons (Fsp3) is 0.0870. The van der Waals surface area contributed by atoms with Crippen LogP contribution in [0, 0.1) is 6.92 Å². The summed E-state index contributed by atoms with van der Waals surface area (Å²) in [5, 5.41) is 2.64. The Morgan fingerprint density at radius 1 is 1.06 bits per heavy atom. The molecule has 0 atom stereocenters. The van der Waals surface area contributed by atoms with Crippen molar-refractivity contribution in [1.82, 2.24) is 9.47 Å². The maximum atomic E-state index is 12.8. The Balaban J connectivity index is 1.53. The van der Waals surface area contributed by atoms with Gasteiger partial charge in [-0.1, -0.05) is 35.9 Å². The number of anilines is 1. The predicted molar refractivity (Wildman–Crippen MR) is 123 cm³/mol. The molecule has 1 saturated heterocycles. The van der Waals surface area contributed by atoms with Crippen LogP contribution in [-0.2, 0) is 9.59 Å². The number of carbonyl (C=O) groups excluding carboxylic acids is 3. The van der Waals surface area contributed by atoms with Crippen molar-refractivity contribution in [1.29, 1.82) is 0 Å². The molecule has 1 fully saturated rings. The number of nitrogens with zero attached hydrogens (tertiary/aromatic N) is 2. The summed E-state index contributed by atoms with van der Waals surface area (Å²) < 4.78 is 2.00. The highest BCUT2D eigenvalue weighted by molar-refractivity contribution is 8.18. The van der Waals surface area contributed by atoms with E-state index in [1.165, 1.54) is 0 Å². The monoisotopic (exact) mass is 451 g/mol. The van der Waals surface area contributed by atoms with Gasteiger partial charge in [0.1, 0.15) is 6.54 Å². The molecule has 0 aliphatic carbocycles. The standard InChI is InChI=1S/C23H18ClN3O3S/c1-15-10-11-19(27(15)18-8-3-2-4-9-18)13-20-22(29)26(23(30)31-20)14-21(28)25-17-7-5-6-16(24)12-17/h2-13H,14H2,1H3,(H,25,28)/b20-13-. The third kappa shape index (κ3) is 4.57. The number of imide groups is 1. The number of amides is 3. The van der Waals surface area contributed by atoms with Gasteiger partial charge in [0.25, 0.3) is 11.1 Å². The van der Waals surface area contributed by atoms with Crippen molar-refractivity contribution in [2.75, 3.05) is 11.9 Å². The van der Waals surface area contributed by atoms with Crippen molar-refractivity contribution in [2.45, 2.75) is 6.92 Å². The van der Waals surface area contributed by atoms with Gasteiger partial charge in [0, 0.05) is 27.8 Å². The number of aryl methyl sites for hydroxylation is 1. The van der Waals surface area contributed by atoms with Crippen LogP contribution in [0.2, 0.25) is 5.02 Å². The van der Waals surface area contributed by atoms with E-state index in [1.54, 1.807) is 30.3 Å². The van der Waals surface area contributed by atoms with E-state index in [0.717, 1.165) is 33.7 Å². The average Bonchev–Trinajstić information content (AvgIpc) is 3.23.